The molecule has 0 saturated carbocycles. The van der Waals surface area contributed by atoms with Crippen molar-refractivity contribution < 1.29 is 26.4 Å². The average molecular weight is 496 g/mol. The van der Waals surface area contributed by atoms with Crippen molar-refractivity contribution in [2.45, 2.75) is 48.9 Å². The van der Waals surface area contributed by atoms with Crippen molar-refractivity contribution in [2.75, 3.05) is 25.5 Å². The zero-order valence-corrected chi connectivity index (χ0v) is 20.5. The van der Waals surface area contributed by atoms with Crippen LogP contribution < -0.4 is 14.8 Å². The molecule has 33 heavy (non-hydrogen) atoms. The van der Waals surface area contributed by atoms with E-state index in [0.717, 1.165) is 19.3 Å². The van der Waals surface area contributed by atoms with E-state index in [9.17, 15) is 21.6 Å². The molecule has 9 nitrogen and oxygen atoms in total. The molecule has 1 saturated heterocycles. The Labute approximate surface area is 195 Å². The lowest BCUT2D eigenvalue weighted by atomic mass is 10.2. The molecule has 1 amide bonds. The zero-order valence-electron chi connectivity index (χ0n) is 18.9. The second-order valence-corrected chi connectivity index (χ2v) is 11.7. The summed E-state index contributed by atoms with van der Waals surface area (Å²) in [7, 11) is -5.98. The first-order valence-corrected chi connectivity index (χ1v) is 13.6. The highest BCUT2D eigenvalue weighted by Gasteiger charge is 2.27. The van der Waals surface area contributed by atoms with E-state index >= 15 is 0 Å². The van der Waals surface area contributed by atoms with E-state index in [2.05, 4.69) is 10.0 Å². The van der Waals surface area contributed by atoms with Gasteiger partial charge in [-0.3, -0.25) is 4.79 Å². The third-order valence-corrected chi connectivity index (χ3v) is 8.75. The molecule has 0 unspecified atom stereocenters. The number of anilines is 1. The lowest BCUT2D eigenvalue weighted by Gasteiger charge is -2.26. The standard InChI is InChI=1S/C22H29N3O6S2/c1-16(2)24-32(27,28)18-9-7-17(8-10-18)23-22(26)20-15-19(11-12-21(20)31-3)33(29,30)25-13-5-4-6-14-25/h7-12,15-16,24H,4-6,13-14H2,1-3H3,(H,23,26). The Morgan fingerprint density at radius 1 is 0.939 bits per heavy atom. The fraction of sp³-hybridized carbons (Fsp3) is 0.409. The summed E-state index contributed by atoms with van der Waals surface area (Å²) in [5, 5.41) is 2.67. The van der Waals surface area contributed by atoms with Gasteiger partial charge in [0.05, 0.1) is 22.5 Å². The van der Waals surface area contributed by atoms with Gasteiger partial charge in [-0.05, 0) is 69.2 Å². The highest BCUT2D eigenvalue weighted by molar-refractivity contribution is 7.89. The lowest BCUT2D eigenvalue weighted by molar-refractivity contribution is 0.102. The summed E-state index contributed by atoms with van der Waals surface area (Å²) in [5.74, 6) is -0.344. The zero-order chi connectivity index (χ0) is 24.2. The molecule has 1 fully saturated rings. The molecule has 0 aromatic heterocycles. The Morgan fingerprint density at radius 3 is 2.12 bits per heavy atom. The lowest BCUT2D eigenvalue weighted by Crippen LogP contribution is -2.35. The first-order chi connectivity index (χ1) is 15.5. The van der Waals surface area contributed by atoms with E-state index < -0.39 is 26.0 Å². The number of benzene rings is 2. The van der Waals surface area contributed by atoms with Crippen LogP contribution in [0.25, 0.3) is 0 Å². The Bertz CT molecular complexity index is 1200. The number of hydrogen-bond donors (Lipinski definition) is 2. The largest absolute Gasteiger partial charge is 0.496 e. The van der Waals surface area contributed by atoms with Gasteiger partial charge in [-0.25, -0.2) is 21.6 Å². The van der Waals surface area contributed by atoms with Crippen molar-refractivity contribution in [3.8, 4) is 5.75 Å². The Hall–Kier alpha value is -2.47. The summed E-state index contributed by atoms with van der Waals surface area (Å²) in [5.41, 5.74) is 0.420. The van der Waals surface area contributed by atoms with Crippen LogP contribution in [0.1, 0.15) is 43.5 Å². The van der Waals surface area contributed by atoms with Crippen LogP contribution in [0.2, 0.25) is 0 Å². The third kappa shape index (κ3) is 5.91. The molecule has 2 aromatic rings. The average Bonchev–Trinajstić information content (AvgIpc) is 2.78. The third-order valence-electron chi connectivity index (χ3n) is 5.18. The second kappa shape index (κ2) is 10.2. The minimum atomic E-state index is -3.72. The fourth-order valence-corrected chi connectivity index (χ4v) is 6.37. The van der Waals surface area contributed by atoms with Gasteiger partial charge in [0.15, 0.2) is 0 Å². The van der Waals surface area contributed by atoms with Crippen molar-refractivity contribution in [3.05, 3.63) is 48.0 Å². The van der Waals surface area contributed by atoms with E-state index in [1.807, 2.05) is 0 Å². The first-order valence-electron chi connectivity index (χ1n) is 10.7. The number of hydrogen-bond acceptors (Lipinski definition) is 6. The first kappa shape index (κ1) is 25.2. The summed E-state index contributed by atoms with van der Waals surface area (Å²) >= 11 is 0. The molecule has 2 aromatic carbocycles. The molecule has 11 heteroatoms. The maximum atomic E-state index is 13.0. The number of rotatable bonds is 8. The summed E-state index contributed by atoms with van der Waals surface area (Å²) in [6, 6.07) is 9.64. The number of nitrogens with one attached hydrogen (secondary N) is 2. The number of nitrogens with zero attached hydrogens (tertiary/aromatic N) is 1. The molecule has 0 aliphatic carbocycles. The van der Waals surface area contributed by atoms with Crippen LogP contribution in [0.15, 0.2) is 52.3 Å². The molecule has 0 atom stereocenters. The van der Waals surface area contributed by atoms with Crippen LogP contribution >= 0.6 is 0 Å². The van der Waals surface area contributed by atoms with Gasteiger partial charge >= 0.3 is 0 Å². The van der Waals surface area contributed by atoms with Crippen molar-refractivity contribution in [3.63, 3.8) is 0 Å². The van der Waals surface area contributed by atoms with Crippen LogP contribution in [0.3, 0.4) is 0 Å². The normalized spacial score (nSPS) is 15.4. The predicted octanol–water partition coefficient (Wildman–Crippen LogP) is 2.81. The number of ether oxygens (including phenoxy) is 1. The van der Waals surface area contributed by atoms with Gasteiger partial charge in [0, 0.05) is 24.8 Å². The van der Waals surface area contributed by atoms with Crippen LogP contribution in [0.5, 0.6) is 5.75 Å². The van der Waals surface area contributed by atoms with Crippen LogP contribution in [-0.2, 0) is 20.0 Å². The molecule has 180 valence electrons. The molecule has 0 radical (unpaired) electrons. The molecule has 1 aliphatic heterocycles. The van der Waals surface area contributed by atoms with Gasteiger partial charge in [0.2, 0.25) is 20.0 Å². The van der Waals surface area contributed by atoms with Gasteiger partial charge in [0.25, 0.3) is 5.91 Å². The SMILES string of the molecule is COc1ccc(S(=O)(=O)N2CCCCC2)cc1C(=O)Nc1ccc(S(=O)(=O)NC(C)C)cc1. The van der Waals surface area contributed by atoms with Crippen LogP contribution in [0.4, 0.5) is 5.69 Å². The number of carbonyl (C=O) groups is 1. The molecule has 0 bridgehead atoms. The predicted molar refractivity (Wildman–Crippen MR) is 125 cm³/mol. The number of carbonyl (C=O) groups excluding carboxylic acids is 1. The van der Waals surface area contributed by atoms with E-state index in [0.29, 0.717) is 18.8 Å². The van der Waals surface area contributed by atoms with Crippen LogP contribution in [0, 0.1) is 0 Å². The monoisotopic (exact) mass is 495 g/mol. The molecule has 3 rings (SSSR count). The molecule has 1 aliphatic rings. The molecular formula is C22H29N3O6S2. The van der Waals surface area contributed by atoms with Crippen molar-refractivity contribution in [2.24, 2.45) is 0 Å². The maximum absolute atomic E-state index is 13.0. The number of methoxy groups -OCH3 is 1. The van der Waals surface area contributed by atoms with E-state index in [1.54, 1.807) is 13.8 Å². The Kier molecular flexibility index (Phi) is 7.78. The van der Waals surface area contributed by atoms with Crippen molar-refractivity contribution in [1.82, 2.24) is 9.03 Å². The number of sulfonamides is 2. The van der Waals surface area contributed by atoms with E-state index in [4.69, 9.17) is 4.74 Å². The number of piperidine rings is 1. The van der Waals surface area contributed by atoms with Gasteiger partial charge < -0.3 is 10.1 Å². The summed E-state index contributed by atoms with van der Waals surface area (Å²) in [6.45, 7) is 4.35. The Morgan fingerprint density at radius 2 is 1.55 bits per heavy atom. The topological polar surface area (TPSA) is 122 Å². The summed E-state index contributed by atoms with van der Waals surface area (Å²) in [4.78, 5) is 13.0. The minimum Gasteiger partial charge on any atom is -0.496 e. The number of amides is 1. The van der Waals surface area contributed by atoms with Gasteiger partial charge in [-0.1, -0.05) is 6.42 Å². The minimum absolute atomic E-state index is 0.0246. The molecule has 0 spiro atoms. The van der Waals surface area contributed by atoms with Crippen molar-refractivity contribution in [1.29, 1.82) is 0 Å². The molecule has 1 heterocycles. The van der Waals surface area contributed by atoms with Crippen molar-refractivity contribution >= 4 is 31.6 Å². The Balaban J connectivity index is 1.84. The van der Waals surface area contributed by atoms with Gasteiger partial charge in [0.1, 0.15) is 5.75 Å². The van der Waals surface area contributed by atoms with Crippen LogP contribution in [-0.4, -0.2) is 53.3 Å². The van der Waals surface area contributed by atoms with E-state index in [-0.39, 0.29) is 27.1 Å². The second-order valence-electron chi connectivity index (χ2n) is 8.08. The van der Waals surface area contributed by atoms with E-state index in [1.165, 1.54) is 53.9 Å². The molecule has 2 N–H and O–H groups in total. The maximum Gasteiger partial charge on any atom is 0.259 e. The summed E-state index contributed by atoms with van der Waals surface area (Å²) in [6.07, 6.45) is 2.61. The smallest absolute Gasteiger partial charge is 0.259 e. The van der Waals surface area contributed by atoms with Gasteiger partial charge in [-0.2, -0.15) is 4.31 Å². The van der Waals surface area contributed by atoms with Gasteiger partial charge in [-0.15, -0.1) is 0 Å². The molecular weight excluding hydrogens is 466 g/mol. The highest BCUT2D eigenvalue weighted by atomic mass is 32.2. The highest BCUT2D eigenvalue weighted by Crippen LogP contribution is 2.27. The fourth-order valence-electron chi connectivity index (χ4n) is 3.57. The quantitative estimate of drug-likeness (QED) is 0.581. The summed E-state index contributed by atoms with van der Waals surface area (Å²) < 4.78 is 59.8.